The molecule has 0 fully saturated rings. The molecule has 0 aliphatic carbocycles. The van der Waals surface area contributed by atoms with Crippen LogP contribution in [0.3, 0.4) is 0 Å². The van der Waals surface area contributed by atoms with E-state index in [1.807, 2.05) is 35.9 Å². The topological polar surface area (TPSA) is 86.3 Å². The van der Waals surface area contributed by atoms with Crippen molar-refractivity contribution in [2.75, 3.05) is 13.2 Å². The van der Waals surface area contributed by atoms with Crippen LogP contribution in [0.25, 0.3) is 5.00 Å². The van der Waals surface area contributed by atoms with Gasteiger partial charge in [0.05, 0.1) is 12.1 Å². The number of nitrogens with one attached hydrogen (secondary N) is 1. The summed E-state index contributed by atoms with van der Waals surface area (Å²) < 4.78 is 6.61. The van der Waals surface area contributed by atoms with Crippen molar-refractivity contribution >= 4 is 23.3 Å². The molecule has 2 aromatic heterocycles. The highest BCUT2D eigenvalue weighted by Crippen LogP contribution is 2.25. The summed E-state index contributed by atoms with van der Waals surface area (Å²) in [6, 6.07) is 5.80. The number of ether oxygens (including phenoxy) is 1. The molecule has 3 N–H and O–H groups in total. The fraction of sp³-hybridized carbons (Fsp3) is 0.286. The van der Waals surface area contributed by atoms with Crippen LogP contribution < -0.4 is 11.1 Å². The van der Waals surface area contributed by atoms with Crippen molar-refractivity contribution in [3.8, 4) is 5.00 Å². The average molecular weight is 307 g/mol. The van der Waals surface area contributed by atoms with Crippen molar-refractivity contribution in [2.45, 2.75) is 13.8 Å². The number of aryl methyl sites for hydroxylation is 2. The Balaban J connectivity index is 2.10. The van der Waals surface area contributed by atoms with Gasteiger partial charge < -0.3 is 20.4 Å². The Labute approximate surface area is 126 Å². The van der Waals surface area contributed by atoms with Crippen LogP contribution in [0, 0.1) is 13.8 Å². The van der Waals surface area contributed by atoms with E-state index < -0.39 is 6.09 Å². The zero-order valence-corrected chi connectivity index (χ0v) is 12.7. The number of hydrogen-bond acceptors (Lipinski definition) is 4. The minimum absolute atomic E-state index is 0.0577. The minimum atomic E-state index is -0.848. The third kappa shape index (κ3) is 3.43. The molecule has 0 radical (unpaired) electrons. The molecule has 2 aromatic rings. The third-order valence-corrected chi connectivity index (χ3v) is 3.89. The van der Waals surface area contributed by atoms with E-state index in [2.05, 4.69) is 10.1 Å². The molecule has 0 aliphatic heterocycles. The van der Waals surface area contributed by atoms with Crippen LogP contribution in [-0.4, -0.2) is 29.7 Å². The second-order valence-electron chi connectivity index (χ2n) is 4.51. The molecule has 21 heavy (non-hydrogen) atoms. The van der Waals surface area contributed by atoms with Gasteiger partial charge >= 0.3 is 6.09 Å². The average Bonchev–Trinajstić information content (AvgIpc) is 3.01. The first-order chi connectivity index (χ1) is 10.0. The van der Waals surface area contributed by atoms with Gasteiger partial charge in [0.2, 0.25) is 0 Å². The molecule has 0 aromatic carbocycles. The number of nitrogens with two attached hydrogens (primary N) is 1. The summed E-state index contributed by atoms with van der Waals surface area (Å²) >= 11 is 1.50. The molecule has 0 saturated carbocycles. The maximum absolute atomic E-state index is 12.2. The molecule has 2 heterocycles. The number of hydrogen-bond donors (Lipinski definition) is 2. The number of thiophene rings is 1. The Kier molecular flexibility index (Phi) is 4.64. The predicted molar refractivity (Wildman–Crippen MR) is 81.0 cm³/mol. The van der Waals surface area contributed by atoms with Crippen LogP contribution in [0.1, 0.15) is 21.7 Å². The molecule has 2 amide bonds. The Bertz CT molecular complexity index is 641. The van der Waals surface area contributed by atoms with Gasteiger partial charge in [0.1, 0.15) is 11.6 Å². The van der Waals surface area contributed by atoms with Gasteiger partial charge in [-0.25, -0.2) is 4.79 Å². The van der Waals surface area contributed by atoms with Gasteiger partial charge in [-0.2, -0.15) is 0 Å². The highest BCUT2D eigenvalue weighted by Gasteiger charge is 2.16. The molecular weight excluding hydrogens is 290 g/mol. The molecule has 0 bridgehead atoms. The highest BCUT2D eigenvalue weighted by atomic mass is 32.1. The fourth-order valence-corrected chi connectivity index (χ4v) is 3.06. The highest BCUT2D eigenvalue weighted by molar-refractivity contribution is 7.13. The van der Waals surface area contributed by atoms with E-state index in [4.69, 9.17) is 5.73 Å². The largest absolute Gasteiger partial charge is 0.448 e. The van der Waals surface area contributed by atoms with Crippen LogP contribution in [0.15, 0.2) is 23.6 Å². The number of amides is 2. The van der Waals surface area contributed by atoms with Gasteiger partial charge in [-0.15, -0.1) is 11.3 Å². The summed E-state index contributed by atoms with van der Waals surface area (Å²) in [7, 11) is 0. The van der Waals surface area contributed by atoms with E-state index in [1.165, 1.54) is 11.3 Å². The van der Waals surface area contributed by atoms with Gasteiger partial charge in [-0.05, 0) is 37.4 Å². The molecule has 0 atom stereocenters. The number of rotatable bonds is 5. The van der Waals surface area contributed by atoms with E-state index in [0.29, 0.717) is 5.56 Å². The second-order valence-corrected chi connectivity index (χ2v) is 5.41. The standard InChI is InChI=1S/C14H17N3O3S/c1-9-3-4-10(2)17(9)13-11(5-8-21-13)12(18)16-6-7-20-14(15)19/h3-5,8H,6-7H2,1-2H3,(H2,15,19)(H,16,18). The molecule has 6 nitrogen and oxygen atoms in total. The number of nitrogens with zero attached hydrogens (tertiary/aromatic N) is 1. The van der Waals surface area contributed by atoms with Crippen molar-refractivity contribution < 1.29 is 14.3 Å². The molecule has 0 spiro atoms. The Morgan fingerprint density at radius 3 is 2.57 bits per heavy atom. The van der Waals surface area contributed by atoms with E-state index in [0.717, 1.165) is 16.4 Å². The van der Waals surface area contributed by atoms with Crippen LogP contribution >= 0.6 is 11.3 Å². The number of carbonyl (C=O) groups is 2. The lowest BCUT2D eigenvalue weighted by atomic mass is 10.3. The Morgan fingerprint density at radius 1 is 1.29 bits per heavy atom. The normalized spacial score (nSPS) is 10.4. The maximum atomic E-state index is 12.2. The van der Waals surface area contributed by atoms with E-state index in [9.17, 15) is 9.59 Å². The van der Waals surface area contributed by atoms with Gasteiger partial charge in [-0.3, -0.25) is 4.79 Å². The van der Waals surface area contributed by atoms with Crippen LogP contribution in [0.5, 0.6) is 0 Å². The zero-order chi connectivity index (χ0) is 15.4. The lowest BCUT2D eigenvalue weighted by molar-refractivity contribution is 0.0937. The fourth-order valence-electron chi connectivity index (χ4n) is 2.05. The quantitative estimate of drug-likeness (QED) is 0.828. The summed E-state index contributed by atoms with van der Waals surface area (Å²) in [6.45, 7) is 4.27. The summed E-state index contributed by atoms with van der Waals surface area (Å²) in [5.74, 6) is -0.202. The first-order valence-electron chi connectivity index (χ1n) is 6.44. The third-order valence-electron chi connectivity index (χ3n) is 3.00. The predicted octanol–water partition coefficient (Wildman–Crippen LogP) is 1.98. The van der Waals surface area contributed by atoms with Crippen molar-refractivity contribution in [1.82, 2.24) is 9.88 Å². The number of primary amides is 1. The first kappa shape index (κ1) is 15.1. The van der Waals surface area contributed by atoms with E-state index in [1.54, 1.807) is 6.07 Å². The summed E-state index contributed by atoms with van der Waals surface area (Å²) in [6.07, 6.45) is -0.848. The van der Waals surface area contributed by atoms with Crippen molar-refractivity contribution in [3.63, 3.8) is 0 Å². The SMILES string of the molecule is Cc1ccc(C)n1-c1sccc1C(=O)NCCOC(N)=O. The summed E-state index contributed by atoms with van der Waals surface area (Å²) in [5.41, 5.74) is 7.59. The van der Waals surface area contributed by atoms with Crippen LogP contribution in [0.2, 0.25) is 0 Å². The molecule has 7 heteroatoms. The van der Waals surface area contributed by atoms with Crippen molar-refractivity contribution in [1.29, 1.82) is 0 Å². The molecular formula is C14H17N3O3S. The van der Waals surface area contributed by atoms with Gasteiger partial charge in [0, 0.05) is 11.4 Å². The molecule has 0 saturated heterocycles. The zero-order valence-electron chi connectivity index (χ0n) is 11.9. The minimum Gasteiger partial charge on any atom is -0.448 e. The Hall–Kier alpha value is -2.28. The number of carbonyl (C=O) groups excluding carboxylic acids is 2. The maximum Gasteiger partial charge on any atom is 0.404 e. The van der Waals surface area contributed by atoms with Gasteiger partial charge in [-0.1, -0.05) is 0 Å². The smallest absolute Gasteiger partial charge is 0.404 e. The molecule has 2 rings (SSSR count). The van der Waals surface area contributed by atoms with Crippen molar-refractivity contribution in [3.05, 3.63) is 40.5 Å². The molecule has 112 valence electrons. The monoisotopic (exact) mass is 307 g/mol. The molecule has 0 aliphatic rings. The van der Waals surface area contributed by atoms with E-state index >= 15 is 0 Å². The van der Waals surface area contributed by atoms with E-state index in [-0.39, 0.29) is 19.1 Å². The lowest BCUT2D eigenvalue weighted by Gasteiger charge is -2.10. The molecule has 0 unspecified atom stereocenters. The number of aromatic nitrogens is 1. The second kappa shape index (κ2) is 6.45. The summed E-state index contributed by atoms with van der Waals surface area (Å²) in [4.78, 5) is 22.6. The van der Waals surface area contributed by atoms with Crippen molar-refractivity contribution in [2.24, 2.45) is 5.73 Å². The Morgan fingerprint density at radius 2 is 1.95 bits per heavy atom. The lowest BCUT2D eigenvalue weighted by Crippen LogP contribution is -2.29. The summed E-state index contributed by atoms with van der Waals surface area (Å²) in [5, 5.41) is 5.46. The van der Waals surface area contributed by atoms with Crippen LogP contribution in [-0.2, 0) is 4.74 Å². The van der Waals surface area contributed by atoms with Crippen LogP contribution in [0.4, 0.5) is 4.79 Å². The van der Waals surface area contributed by atoms with Gasteiger partial charge in [0.15, 0.2) is 0 Å². The van der Waals surface area contributed by atoms with Gasteiger partial charge in [0.25, 0.3) is 5.91 Å². The first-order valence-corrected chi connectivity index (χ1v) is 7.32.